The first kappa shape index (κ1) is 20.0. The lowest BCUT2D eigenvalue weighted by Crippen LogP contribution is -2.45. The van der Waals surface area contributed by atoms with Crippen LogP contribution in [-0.2, 0) is 4.79 Å². The van der Waals surface area contributed by atoms with E-state index in [2.05, 4.69) is 5.32 Å². The number of hydrogen-bond donors (Lipinski definition) is 3. The molecule has 4 rings (SSSR count). The van der Waals surface area contributed by atoms with E-state index in [1.807, 2.05) is 19.1 Å². The Morgan fingerprint density at radius 3 is 2.29 bits per heavy atom. The Morgan fingerprint density at radius 2 is 1.68 bits per heavy atom. The van der Waals surface area contributed by atoms with Gasteiger partial charge in [0.2, 0.25) is 5.91 Å². The van der Waals surface area contributed by atoms with E-state index >= 15 is 0 Å². The fourth-order valence-electron chi connectivity index (χ4n) is 5.24. The molecule has 0 unspecified atom stereocenters. The maximum absolute atomic E-state index is 12.9. The number of rotatable bonds is 3. The number of carbonyl (C=O) groups excluding carboxylic acids is 1. The van der Waals surface area contributed by atoms with Gasteiger partial charge in [0.15, 0.2) is 0 Å². The molecule has 1 saturated heterocycles. The molecule has 4 nitrogen and oxygen atoms in total. The Kier molecular flexibility index (Phi) is 5.13. The van der Waals surface area contributed by atoms with Gasteiger partial charge in [-0.3, -0.25) is 4.79 Å². The summed E-state index contributed by atoms with van der Waals surface area (Å²) in [7, 11) is 0. The molecule has 7 heteroatoms. The van der Waals surface area contributed by atoms with Crippen molar-refractivity contribution < 1.29 is 15.0 Å². The zero-order valence-electron chi connectivity index (χ0n) is 15.1. The standard InChI is InChI=1S/C21H20Cl3NO3/c1-10-18-16(11-2-4-12(22)5-3-11)17(14-7-6-13(23)8-15(14)24)19(27)21(18,9-26)20(28)25-10/h2-8,10,16-19,26-27H,9H2,1H3,(H,25,28)/t10-,16+,17+,18+,19+,21+/m1/s1. The van der Waals surface area contributed by atoms with Crippen molar-refractivity contribution in [2.24, 2.45) is 11.3 Å². The number of halogens is 3. The van der Waals surface area contributed by atoms with Crippen molar-refractivity contribution in [2.75, 3.05) is 6.61 Å². The molecule has 1 amide bonds. The number of nitrogens with one attached hydrogen (secondary N) is 1. The van der Waals surface area contributed by atoms with E-state index in [1.54, 1.807) is 30.3 Å². The molecule has 3 N–H and O–H groups in total. The van der Waals surface area contributed by atoms with Crippen LogP contribution < -0.4 is 5.32 Å². The molecular formula is C21H20Cl3NO3. The minimum absolute atomic E-state index is 0.217. The summed E-state index contributed by atoms with van der Waals surface area (Å²) in [5.41, 5.74) is 0.348. The average Bonchev–Trinajstić information content (AvgIpc) is 3.06. The average molecular weight is 441 g/mol. The quantitative estimate of drug-likeness (QED) is 0.675. The van der Waals surface area contributed by atoms with Crippen molar-refractivity contribution in [2.45, 2.75) is 30.9 Å². The molecule has 0 bridgehead atoms. The lowest BCUT2D eigenvalue weighted by molar-refractivity contribution is -0.137. The molecular weight excluding hydrogens is 421 g/mol. The molecule has 1 heterocycles. The normalized spacial score (nSPS) is 34.4. The van der Waals surface area contributed by atoms with Gasteiger partial charge in [-0.25, -0.2) is 0 Å². The van der Waals surface area contributed by atoms with Crippen molar-refractivity contribution in [3.8, 4) is 0 Å². The van der Waals surface area contributed by atoms with E-state index in [9.17, 15) is 15.0 Å². The summed E-state index contributed by atoms with van der Waals surface area (Å²) in [6.45, 7) is 1.46. The van der Waals surface area contributed by atoms with Crippen molar-refractivity contribution in [1.29, 1.82) is 0 Å². The third-order valence-electron chi connectivity index (χ3n) is 6.39. The highest BCUT2D eigenvalue weighted by atomic mass is 35.5. The van der Waals surface area contributed by atoms with Crippen molar-refractivity contribution >= 4 is 40.7 Å². The van der Waals surface area contributed by atoms with E-state index in [-0.39, 0.29) is 23.8 Å². The number of carbonyl (C=O) groups is 1. The molecule has 1 aliphatic carbocycles. The summed E-state index contributed by atoms with van der Waals surface area (Å²) in [6.07, 6.45) is -1.10. The highest BCUT2D eigenvalue weighted by Crippen LogP contribution is 2.62. The fourth-order valence-corrected chi connectivity index (χ4v) is 5.90. The molecule has 6 atom stereocenters. The third kappa shape index (κ3) is 2.78. The van der Waals surface area contributed by atoms with Gasteiger partial charge in [-0.15, -0.1) is 0 Å². The second-order valence-corrected chi connectivity index (χ2v) is 8.98. The second kappa shape index (κ2) is 7.19. The van der Waals surface area contributed by atoms with Crippen LogP contribution in [0.25, 0.3) is 0 Å². The highest BCUT2D eigenvalue weighted by Gasteiger charge is 2.69. The van der Waals surface area contributed by atoms with E-state index in [1.165, 1.54) is 0 Å². The lowest BCUT2D eigenvalue weighted by atomic mass is 9.73. The molecule has 0 aromatic heterocycles. The van der Waals surface area contributed by atoms with Crippen molar-refractivity contribution in [3.63, 3.8) is 0 Å². The van der Waals surface area contributed by atoms with E-state index < -0.39 is 24.0 Å². The van der Waals surface area contributed by atoms with Crippen LogP contribution in [0.1, 0.15) is 29.9 Å². The van der Waals surface area contributed by atoms with Gasteiger partial charge in [0.25, 0.3) is 0 Å². The maximum Gasteiger partial charge on any atom is 0.231 e. The van der Waals surface area contributed by atoms with Crippen LogP contribution in [0, 0.1) is 11.3 Å². The SMILES string of the molecule is C[C@H]1NC(=O)[C@@]2(CO)[C@@H]1[C@@H](c1ccc(Cl)cc1)[C@H](c1ccc(Cl)cc1Cl)[C@@H]2O. The molecule has 2 aromatic rings. The Bertz CT molecular complexity index is 920. The van der Waals surface area contributed by atoms with Gasteiger partial charge in [0.1, 0.15) is 5.41 Å². The van der Waals surface area contributed by atoms with Gasteiger partial charge in [-0.05, 0) is 48.2 Å². The summed E-state index contributed by atoms with van der Waals surface area (Å²) in [6, 6.07) is 12.3. The molecule has 1 saturated carbocycles. The smallest absolute Gasteiger partial charge is 0.231 e. The molecule has 2 fully saturated rings. The Balaban J connectivity index is 1.94. The highest BCUT2D eigenvalue weighted by molar-refractivity contribution is 6.35. The third-order valence-corrected chi connectivity index (χ3v) is 7.21. The minimum atomic E-state index is -1.29. The second-order valence-electron chi connectivity index (χ2n) is 7.70. The van der Waals surface area contributed by atoms with Gasteiger partial charge in [0, 0.05) is 32.9 Å². The van der Waals surface area contributed by atoms with E-state index in [4.69, 9.17) is 34.8 Å². The Labute approximate surface area is 178 Å². The van der Waals surface area contributed by atoms with Crippen molar-refractivity contribution in [3.05, 3.63) is 68.7 Å². The number of hydrogen-bond acceptors (Lipinski definition) is 3. The zero-order valence-corrected chi connectivity index (χ0v) is 17.3. The molecule has 148 valence electrons. The fraction of sp³-hybridized carbons (Fsp3) is 0.381. The number of benzene rings is 2. The predicted molar refractivity (Wildman–Crippen MR) is 110 cm³/mol. The topological polar surface area (TPSA) is 69.6 Å². The summed E-state index contributed by atoms with van der Waals surface area (Å²) in [5, 5.41) is 26.1. The Hall–Kier alpha value is -1.30. The first-order valence-electron chi connectivity index (χ1n) is 9.11. The van der Waals surface area contributed by atoms with Gasteiger partial charge in [0.05, 0.1) is 12.7 Å². The monoisotopic (exact) mass is 439 g/mol. The molecule has 0 radical (unpaired) electrons. The Morgan fingerprint density at radius 1 is 1.04 bits per heavy atom. The lowest BCUT2D eigenvalue weighted by Gasteiger charge is -2.29. The summed E-state index contributed by atoms with van der Waals surface area (Å²) < 4.78 is 0. The van der Waals surface area contributed by atoms with E-state index in [0.29, 0.717) is 20.6 Å². The van der Waals surface area contributed by atoms with Crippen LogP contribution in [0.15, 0.2) is 42.5 Å². The van der Waals surface area contributed by atoms with Crippen LogP contribution in [0.4, 0.5) is 0 Å². The van der Waals surface area contributed by atoms with Crippen LogP contribution >= 0.6 is 34.8 Å². The summed E-state index contributed by atoms with van der Waals surface area (Å²) >= 11 is 18.6. The number of aliphatic hydroxyl groups is 2. The zero-order chi connectivity index (χ0) is 20.2. The number of fused-ring (bicyclic) bond motifs is 1. The molecule has 1 aliphatic heterocycles. The molecule has 2 aromatic carbocycles. The largest absolute Gasteiger partial charge is 0.395 e. The summed E-state index contributed by atoms with van der Waals surface area (Å²) in [5.74, 6) is -1.35. The van der Waals surface area contributed by atoms with Crippen LogP contribution in [0.3, 0.4) is 0 Å². The van der Waals surface area contributed by atoms with Gasteiger partial charge >= 0.3 is 0 Å². The number of amides is 1. The maximum atomic E-state index is 12.9. The molecule has 28 heavy (non-hydrogen) atoms. The molecule has 2 aliphatic rings. The predicted octanol–water partition coefficient (Wildman–Crippen LogP) is 4.00. The first-order valence-corrected chi connectivity index (χ1v) is 10.2. The van der Waals surface area contributed by atoms with Gasteiger partial charge < -0.3 is 15.5 Å². The first-order chi connectivity index (χ1) is 13.3. The van der Waals surface area contributed by atoms with Crippen LogP contribution in [0.5, 0.6) is 0 Å². The minimum Gasteiger partial charge on any atom is -0.395 e. The van der Waals surface area contributed by atoms with Gasteiger partial charge in [-0.2, -0.15) is 0 Å². The van der Waals surface area contributed by atoms with E-state index in [0.717, 1.165) is 5.56 Å². The van der Waals surface area contributed by atoms with Crippen molar-refractivity contribution in [1.82, 2.24) is 5.32 Å². The summed E-state index contributed by atoms with van der Waals surface area (Å²) in [4.78, 5) is 12.9. The van der Waals surface area contributed by atoms with Crippen LogP contribution in [-0.4, -0.2) is 34.9 Å². The number of aliphatic hydroxyl groups excluding tert-OH is 2. The van der Waals surface area contributed by atoms with Crippen LogP contribution in [0.2, 0.25) is 15.1 Å². The molecule has 0 spiro atoms. The van der Waals surface area contributed by atoms with Gasteiger partial charge in [-0.1, -0.05) is 53.0 Å².